The van der Waals surface area contributed by atoms with Crippen LogP contribution in [0.4, 0.5) is 0 Å². The van der Waals surface area contributed by atoms with Gasteiger partial charge in [-0.2, -0.15) is 0 Å². The molecular formula is C20H22N2O3S. The molecule has 1 fully saturated rings. The summed E-state index contributed by atoms with van der Waals surface area (Å²) in [6.07, 6.45) is 3.38. The number of carboxylic acids is 1. The first kappa shape index (κ1) is 17.2. The minimum Gasteiger partial charge on any atom is -0.475 e. The number of thiazole rings is 1. The summed E-state index contributed by atoms with van der Waals surface area (Å²) in [4.78, 5) is 18.3. The van der Waals surface area contributed by atoms with Crippen molar-refractivity contribution in [2.24, 2.45) is 0 Å². The third-order valence-electron chi connectivity index (χ3n) is 4.98. The molecule has 0 radical (unpaired) electrons. The monoisotopic (exact) mass is 370 g/mol. The van der Waals surface area contributed by atoms with Gasteiger partial charge in [0, 0.05) is 29.8 Å². The molecule has 1 saturated heterocycles. The van der Waals surface area contributed by atoms with Crippen LogP contribution in [-0.2, 0) is 13.0 Å². The van der Waals surface area contributed by atoms with E-state index in [0.29, 0.717) is 11.5 Å². The van der Waals surface area contributed by atoms with Crippen LogP contribution in [0.25, 0.3) is 11.0 Å². The number of likely N-dealkylation sites (tertiary alicyclic amines) is 1. The van der Waals surface area contributed by atoms with E-state index in [1.807, 2.05) is 18.2 Å². The van der Waals surface area contributed by atoms with Gasteiger partial charge in [0.15, 0.2) is 0 Å². The number of aryl methyl sites for hydroxylation is 1. The number of rotatable bonds is 5. The summed E-state index contributed by atoms with van der Waals surface area (Å²) in [5.41, 5.74) is 3.00. The Labute approximate surface area is 156 Å². The highest BCUT2D eigenvalue weighted by atomic mass is 32.1. The molecule has 0 aliphatic carbocycles. The number of benzene rings is 1. The van der Waals surface area contributed by atoms with Crippen LogP contribution in [0.3, 0.4) is 0 Å². The molecule has 3 heterocycles. The van der Waals surface area contributed by atoms with Crippen LogP contribution >= 0.6 is 11.3 Å². The molecule has 0 amide bonds. The number of carboxylic acid groups (broad SMARTS) is 1. The largest absolute Gasteiger partial charge is 0.475 e. The van der Waals surface area contributed by atoms with E-state index in [1.165, 1.54) is 29.1 Å². The van der Waals surface area contributed by atoms with Crippen molar-refractivity contribution in [3.8, 4) is 0 Å². The number of piperidine rings is 1. The van der Waals surface area contributed by atoms with Crippen molar-refractivity contribution < 1.29 is 14.3 Å². The lowest BCUT2D eigenvalue weighted by molar-refractivity contribution is 0.0665. The van der Waals surface area contributed by atoms with Gasteiger partial charge in [-0.25, -0.2) is 9.78 Å². The van der Waals surface area contributed by atoms with E-state index in [1.54, 1.807) is 17.4 Å². The standard InChI is InChI=1S/C20H22N2O3S/c1-2-16-12-26-19(21-16)14-4-3-7-22(11-14)10-13-5-6-17-15(8-13)9-18(25-17)20(23)24/h5-6,8-9,12,14H,2-4,7,10-11H2,1H3,(H,23,24). The van der Waals surface area contributed by atoms with Crippen molar-refractivity contribution in [2.75, 3.05) is 13.1 Å². The molecule has 26 heavy (non-hydrogen) atoms. The topological polar surface area (TPSA) is 66.6 Å². The van der Waals surface area contributed by atoms with Gasteiger partial charge in [-0.15, -0.1) is 11.3 Å². The Hall–Kier alpha value is -2.18. The zero-order valence-corrected chi connectivity index (χ0v) is 15.6. The summed E-state index contributed by atoms with van der Waals surface area (Å²) in [6, 6.07) is 7.53. The molecule has 6 heteroatoms. The average molecular weight is 370 g/mol. The van der Waals surface area contributed by atoms with Crippen molar-refractivity contribution in [3.63, 3.8) is 0 Å². The third-order valence-corrected chi connectivity index (χ3v) is 6.04. The fraction of sp³-hybridized carbons (Fsp3) is 0.400. The van der Waals surface area contributed by atoms with Crippen LogP contribution in [0, 0.1) is 0 Å². The number of furan rings is 1. The van der Waals surface area contributed by atoms with Gasteiger partial charge in [-0.3, -0.25) is 4.90 Å². The predicted octanol–water partition coefficient (Wildman–Crippen LogP) is 4.53. The normalized spacial score (nSPS) is 18.4. The zero-order chi connectivity index (χ0) is 18.1. The van der Waals surface area contributed by atoms with Crippen LogP contribution in [-0.4, -0.2) is 34.0 Å². The van der Waals surface area contributed by atoms with E-state index in [2.05, 4.69) is 17.2 Å². The SMILES string of the molecule is CCc1csc(C2CCCN(Cc3ccc4oc(C(=O)O)cc4c3)C2)n1. The van der Waals surface area contributed by atoms with Gasteiger partial charge >= 0.3 is 5.97 Å². The van der Waals surface area contributed by atoms with E-state index in [4.69, 9.17) is 14.5 Å². The van der Waals surface area contributed by atoms with Crippen molar-refractivity contribution in [1.82, 2.24) is 9.88 Å². The lowest BCUT2D eigenvalue weighted by Crippen LogP contribution is -2.33. The van der Waals surface area contributed by atoms with Crippen LogP contribution in [0.5, 0.6) is 0 Å². The highest BCUT2D eigenvalue weighted by Crippen LogP contribution is 2.30. The molecule has 5 nitrogen and oxygen atoms in total. The fourth-order valence-corrected chi connectivity index (χ4v) is 4.66. The van der Waals surface area contributed by atoms with Crippen LogP contribution in [0.1, 0.15) is 52.5 Å². The molecule has 1 aliphatic heterocycles. The molecule has 3 aromatic rings. The first-order chi connectivity index (χ1) is 12.6. The average Bonchev–Trinajstić information content (AvgIpc) is 3.28. The summed E-state index contributed by atoms with van der Waals surface area (Å²) in [6.45, 7) is 5.13. The molecule has 1 aromatic carbocycles. The second kappa shape index (κ2) is 7.21. The number of fused-ring (bicyclic) bond motifs is 1. The summed E-state index contributed by atoms with van der Waals surface area (Å²) in [5.74, 6) is -0.521. The lowest BCUT2D eigenvalue weighted by Gasteiger charge is -2.31. The molecule has 1 atom stereocenters. The molecular weight excluding hydrogens is 348 g/mol. The van der Waals surface area contributed by atoms with E-state index in [-0.39, 0.29) is 5.76 Å². The zero-order valence-electron chi connectivity index (χ0n) is 14.8. The van der Waals surface area contributed by atoms with E-state index in [0.717, 1.165) is 31.4 Å². The maximum absolute atomic E-state index is 11.1. The maximum atomic E-state index is 11.1. The smallest absolute Gasteiger partial charge is 0.371 e. The highest BCUT2D eigenvalue weighted by molar-refractivity contribution is 7.09. The van der Waals surface area contributed by atoms with Gasteiger partial charge in [0.05, 0.1) is 10.7 Å². The van der Waals surface area contributed by atoms with Gasteiger partial charge < -0.3 is 9.52 Å². The predicted molar refractivity (Wildman–Crippen MR) is 102 cm³/mol. The second-order valence-electron chi connectivity index (χ2n) is 6.89. The number of nitrogens with zero attached hydrogens (tertiary/aromatic N) is 2. The van der Waals surface area contributed by atoms with E-state index < -0.39 is 5.97 Å². The summed E-state index contributed by atoms with van der Waals surface area (Å²) in [5, 5.41) is 13.4. The molecule has 0 bridgehead atoms. The third kappa shape index (κ3) is 3.52. The van der Waals surface area contributed by atoms with Gasteiger partial charge in [0.25, 0.3) is 0 Å². The molecule has 136 valence electrons. The summed E-state index contributed by atoms with van der Waals surface area (Å²) < 4.78 is 5.34. The number of aromatic nitrogens is 1. The highest BCUT2D eigenvalue weighted by Gasteiger charge is 2.24. The van der Waals surface area contributed by atoms with Crippen LogP contribution in [0.2, 0.25) is 0 Å². The Kier molecular flexibility index (Phi) is 4.78. The molecule has 1 unspecified atom stereocenters. The molecule has 1 aliphatic rings. The van der Waals surface area contributed by atoms with Crippen molar-refractivity contribution in [1.29, 1.82) is 0 Å². The number of carbonyl (C=O) groups is 1. The minimum absolute atomic E-state index is 0.00863. The molecule has 0 saturated carbocycles. The van der Waals surface area contributed by atoms with E-state index >= 15 is 0 Å². The van der Waals surface area contributed by atoms with Gasteiger partial charge in [-0.1, -0.05) is 13.0 Å². The number of hydrogen-bond acceptors (Lipinski definition) is 5. The summed E-state index contributed by atoms with van der Waals surface area (Å²) in [7, 11) is 0. The Morgan fingerprint density at radius 2 is 2.31 bits per heavy atom. The van der Waals surface area contributed by atoms with Crippen molar-refractivity contribution in [2.45, 2.75) is 38.6 Å². The number of aromatic carboxylic acids is 1. The Morgan fingerprint density at radius 3 is 3.08 bits per heavy atom. The second-order valence-corrected chi connectivity index (χ2v) is 7.78. The Morgan fingerprint density at radius 1 is 1.42 bits per heavy atom. The quantitative estimate of drug-likeness (QED) is 0.715. The van der Waals surface area contributed by atoms with Crippen LogP contribution < -0.4 is 0 Å². The lowest BCUT2D eigenvalue weighted by atomic mass is 9.98. The fourth-order valence-electron chi connectivity index (χ4n) is 3.63. The summed E-state index contributed by atoms with van der Waals surface area (Å²) >= 11 is 1.79. The van der Waals surface area contributed by atoms with E-state index in [9.17, 15) is 4.79 Å². The Balaban J connectivity index is 1.47. The van der Waals surface area contributed by atoms with Crippen molar-refractivity contribution >= 4 is 28.3 Å². The van der Waals surface area contributed by atoms with Gasteiger partial charge in [-0.05, 0) is 49.6 Å². The Bertz CT molecular complexity index is 930. The van der Waals surface area contributed by atoms with Gasteiger partial charge in [0.1, 0.15) is 5.58 Å². The molecule has 4 rings (SSSR count). The maximum Gasteiger partial charge on any atom is 0.371 e. The first-order valence-corrected chi connectivity index (χ1v) is 9.92. The van der Waals surface area contributed by atoms with Gasteiger partial charge in [0.2, 0.25) is 5.76 Å². The minimum atomic E-state index is -1.03. The molecule has 2 aromatic heterocycles. The number of hydrogen-bond donors (Lipinski definition) is 1. The van der Waals surface area contributed by atoms with Crippen LogP contribution in [0.15, 0.2) is 34.1 Å². The first-order valence-electron chi connectivity index (χ1n) is 9.05. The van der Waals surface area contributed by atoms with Crippen molar-refractivity contribution in [3.05, 3.63) is 51.7 Å². The molecule has 1 N–H and O–H groups in total. The molecule has 0 spiro atoms.